The Morgan fingerprint density at radius 2 is 1.83 bits per heavy atom. The molecular formula is C20H33F2N5O2S. The van der Waals surface area contributed by atoms with E-state index in [1.165, 1.54) is 22.5 Å². The number of benzene rings is 1. The average molecular weight is 446 g/mol. The fourth-order valence-corrected chi connectivity index (χ4v) is 4.63. The molecule has 1 saturated heterocycles. The van der Waals surface area contributed by atoms with Crippen molar-refractivity contribution in [3.05, 3.63) is 35.4 Å². The Balaban J connectivity index is 2.08. The summed E-state index contributed by atoms with van der Waals surface area (Å²) in [6.45, 7) is 5.32. The van der Waals surface area contributed by atoms with Gasteiger partial charge in [0.25, 0.3) is 0 Å². The quantitative estimate of drug-likeness (QED) is 0.472. The van der Waals surface area contributed by atoms with Gasteiger partial charge in [-0.25, -0.2) is 21.5 Å². The number of sulfonamides is 1. The van der Waals surface area contributed by atoms with Gasteiger partial charge in [0, 0.05) is 31.2 Å². The van der Waals surface area contributed by atoms with Crippen LogP contribution in [0.3, 0.4) is 0 Å². The molecular weight excluding hydrogens is 412 g/mol. The lowest BCUT2D eigenvalue weighted by Crippen LogP contribution is -2.50. The van der Waals surface area contributed by atoms with Crippen LogP contribution in [-0.4, -0.2) is 75.7 Å². The predicted molar refractivity (Wildman–Crippen MR) is 116 cm³/mol. The molecule has 2 rings (SSSR count). The lowest BCUT2D eigenvalue weighted by molar-refractivity contribution is 0.288. The van der Waals surface area contributed by atoms with Gasteiger partial charge in [0.1, 0.15) is 11.6 Å². The highest BCUT2D eigenvalue weighted by atomic mass is 32.2. The van der Waals surface area contributed by atoms with E-state index in [4.69, 9.17) is 0 Å². The Kier molecular flexibility index (Phi) is 8.99. The number of hydrogen-bond acceptors (Lipinski definition) is 4. The number of nitrogens with zero attached hydrogens (tertiary/aromatic N) is 3. The van der Waals surface area contributed by atoms with Crippen LogP contribution >= 0.6 is 0 Å². The Hall–Kier alpha value is -1.78. The molecule has 30 heavy (non-hydrogen) atoms. The molecule has 1 fully saturated rings. The zero-order valence-corrected chi connectivity index (χ0v) is 19.0. The maximum absolute atomic E-state index is 14.3. The molecule has 1 aliphatic rings. The smallest absolute Gasteiger partial charge is 0.213 e. The third-order valence-electron chi connectivity index (χ3n) is 5.28. The summed E-state index contributed by atoms with van der Waals surface area (Å²) < 4.78 is 54.1. The highest BCUT2D eigenvalue weighted by Crippen LogP contribution is 2.24. The summed E-state index contributed by atoms with van der Waals surface area (Å²) in [6.07, 6.45) is 1.34. The maximum Gasteiger partial charge on any atom is 0.213 e. The van der Waals surface area contributed by atoms with Crippen molar-refractivity contribution in [2.75, 3.05) is 46.0 Å². The van der Waals surface area contributed by atoms with Crippen molar-refractivity contribution in [3.63, 3.8) is 0 Å². The number of nitrogens with one attached hydrogen (secondary N) is 2. The molecule has 0 saturated carbocycles. The summed E-state index contributed by atoms with van der Waals surface area (Å²) in [5.74, 6) is -0.524. The summed E-state index contributed by atoms with van der Waals surface area (Å²) in [5, 5.41) is 6.49. The second kappa shape index (κ2) is 11.0. The number of halogens is 2. The van der Waals surface area contributed by atoms with Crippen molar-refractivity contribution in [2.24, 2.45) is 4.99 Å². The van der Waals surface area contributed by atoms with Crippen LogP contribution in [0.5, 0.6) is 0 Å². The first kappa shape index (κ1) is 24.5. The Morgan fingerprint density at radius 1 is 1.23 bits per heavy atom. The van der Waals surface area contributed by atoms with Gasteiger partial charge < -0.3 is 15.5 Å². The van der Waals surface area contributed by atoms with Crippen LogP contribution in [-0.2, 0) is 10.0 Å². The van der Waals surface area contributed by atoms with Gasteiger partial charge in [-0.3, -0.25) is 4.99 Å². The normalized spacial score (nSPS) is 17.9. The first-order chi connectivity index (χ1) is 14.2. The highest BCUT2D eigenvalue weighted by Gasteiger charge is 2.27. The average Bonchev–Trinajstić information content (AvgIpc) is 2.70. The Bertz CT molecular complexity index is 804. The number of rotatable bonds is 8. The molecule has 0 aromatic heterocycles. The van der Waals surface area contributed by atoms with Crippen molar-refractivity contribution in [1.82, 2.24) is 19.8 Å². The van der Waals surface area contributed by atoms with Crippen molar-refractivity contribution in [3.8, 4) is 0 Å². The minimum absolute atomic E-state index is 0.000166. The lowest BCUT2D eigenvalue weighted by atomic mass is 10.0. The molecule has 1 aromatic rings. The summed E-state index contributed by atoms with van der Waals surface area (Å²) >= 11 is 0. The predicted octanol–water partition coefficient (Wildman–Crippen LogP) is 1.94. The molecule has 2 N–H and O–H groups in total. The van der Waals surface area contributed by atoms with Crippen LogP contribution in [0.4, 0.5) is 8.78 Å². The monoisotopic (exact) mass is 445 g/mol. The molecule has 1 atom stereocenters. The fourth-order valence-electron chi connectivity index (χ4n) is 3.49. The molecule has 0 aliphatic carbocycles. The topological polar surface area (TPSA) is 77.0 Å². The first-order valence-corrected chi connectivity index (χ1v) is 11.9. The van der Waals surface area contributed by atoms with Gasteiger partial charge in [-0.2, -0.15) is 0 Å². The minimum atomic E-state index is -3.17. The second-order valence-corrected chi connectivity index (χ2v) is 9.81. The van der Waals surface area contributed by atoms with Gasteiger partial charge in [0.2, 0.25) is 10.0 Å². The van der Waals surface area contributed by atoms with E-state index in [1.807, 2.05) is 6.92 Å². The van der Waals surface area contributed by atoms with Crippen LogP contribution in [0, 0.1) is 11.6 Å². The third kappa shape index (κ3) is 6.36. The van der Waals surface area contributed by atoms with E-state index in [0.29, 0.717) is 38.4 Å². The maximum atomic E-state index is 14.3. The van der Waals surface area contributed by atoms with Gasteiger partial charge in [0.05, 0.1) is 18.3 Å². The van der Waals surface area contributed by atoms with E-state index >= 15 is 0 Å². The molecule has 7 nitrogen and oxygen atoms in total. The third-order valence-corrected chi connectivity index (χ3v) is 7.16. The SMILES string of the molecule is CCNC(=NCC(c1c(F)cccc1F)N(C)C)NC1CCN(S(=O)(=O)CC)CC1. The standard InChI is InChI=1S/C20H33F2N5O2S/c1-5-23-20(25-15-10-12-27(13-11-15)30(28,29)6-2)24-14-18(26(3)4)19-16(21)8-7-9-17(19)22/h7-9,15,18H,5-6,10-14H2,1-4H3,(H2,23,24,25). The molecule has 0 spiro atoms. The molecule has 0 radical (unpaired) electrons. The number of piperidine rings is 1. The Morgan fingerprint density at radius 3 is 2.33 bits per heavy atom. The number of guanidine groups is 1. The lowest BCUT2D eigenvalue weighted by Gasteiger charge is -2.32. The van der Waals surface area contributed by atoms with Crippen molar-refractivity contribution in [2.45, 2.75) is 38.8 Å². The second-order valence-electron chi connectivity index (χ2n) is 7.55. The zero-order valence-electron chi connectivity index (χ0n) is 18.2. The first-order valence-electron chi connectivity index (χ1n) is 10.3. The van der Waals surface area contributed by atoms with Crippen molar-refractivity contribution < 1.29 is 17.2 Å². The largest absolute Gasteiger partial charge is 0.357 e. The van der Waals surface area contributed by atoms with Crippen molar-refractivity contribution in [1.29, 1.82) is 0 Å². The van der Waals surface area contributed by atoms with Crippen LogP contribution in [0.15, 0.2) is 23.2 Å². The molecule has 10 heteroatoms. The zero-order chi connectivity index (χ0) is 22.3. The van der Waals surface area contributed by atoms with Gasteiger partial charge in [-0.1, -0.05) is 6.07 Å². The number of likely N-dealkylation sites (N-methyl/N-ethyl adjacent to an activating group) is 1. The summed E-state index contributed by atoms with van der Waals surface area (Å²) in [5.41, 5.74) is 0.000166. The molecule has 1 aliphatic heterocycles. The molecule has 170 valence electrons. The van der Waals surface area contributed by atoms with E-state index in [-0.39, 0.29) is 23.9 Å². The summed E-state index contributed by atoms with van der Waals surface area (Å²) in [4.78, 5) is 6.30. The van der Waals surface area contributed by atoms with E-state index in [9.17, 15) is 17.2 Å². The molecule has 0 bridgehead atoms. The van der Waals surface area contributed by atoms with Gasteiger partial charge in [-0.05, 0) is 52.9 Å². The van der Waals surface area contributed by atoms with E-state index in [0.717, 1.165) is 0 Å². The van der Waals surface area contributed by atoms with Crippen LogP contribution < -0.4 is 10.6 Å². The van der Waals surface area contributed by atoms with Crippen LogP contribution in [0.1, 0.15) is 38.3 Å². The fraction of sp³-hybridized carbons (Fsp3) is 0.650. The van der Waals surface area contributed by atoms with E-state index in [1.54, 1.807) is 25.9 Å². The number of hydrogen-bond donors (Lipinski definition) is 2. The van der Waals surface area contributed by atoms with Crippen LogP contribution in [0.2, 0.25) is 0 Å². The molecule has 1 heterocycles. The van der Waals surface area contributed by atoms with E-state index < -0.39 is 27.7 Å². The molecule has 1 unspecified atom stereocenters. The van der Waals surface area contributed by atoms with Gasteiger partial charge in [-0.15, -0.1) is 0 Å². The highest BCUT2D eigenvalue weighted by molar-refractivity contribution is 7.89. The van der Waals surface area contributed by atoms with Gasteiger partial charge in [0.15, 0.2) is 5.96 Å². The Labute approximate surface area is 178 Å². The van der Waals surface area contributed by atoms with E-state index in [2.05, 4.69) is 15.6 Å². The summed E-state index contributed by atoms with van der Waals surface area (Å²) in [7, 11) is 0.350. The van der Waals surface area contributed by atoms with Crippen LogP contribution in [0.25, 0.3) is 0 Å². The van der Waals surface area contributed by atoms with Crippen molar-refractivity contribution >= 4 is 16.0 Å². The number of aliphatic imine (C=N–C) groups is 1. The summed E-state index contributed by atoms with van der Waals surface area (Å²) in [6, 6.07) is 3.37. The molecule has 1 aromatic carbocycles. The van der Waals surface area contributed by atoms with Gasteiger partial charge >= 0.3 is 0 Å². The minimum Gasteiger partial charge on any atom is -0.357 e. The molecule has 0 amide bonds.